The third-order valence-corrected chi connectivity index (χ3v) is 3.13. The van der Waals surface area contributed by atoms with Gasteiger partial charge in [0.15, 0.2) is 5.78 Å². The van der Waals surface area contributed by atoms with Gasteiger partial charge in [-0.1, -0.05) is 0 Å². The molecule has 0 spiro atoms. The predicted octanol–water partition coefficient (Wildman–Crippen LogP) is 1.36. The number of Topliss-reactive ketones (excluding diaryl/α,β-unsaturated/α-hetero) is 1. The predicted molar refractivity (Wildman–Crippen MR) is 61.4 cm³/mol. The van der Waals surface area contributed by atoms with E-state index in [2.05, 4.69) is 15.3 Å². The first-order valence-electron chi connectivity index (χ1n) is 5.53. The van der Waals surface area contributed by atoms with Crippen LogP contribution in [0.4, 0.5) is 0 Å². The zero-order chi connectivity index (χ0) is 11.0. The van der Waals surface area contributed by atoms with Gasteiger partial charge in [-0.15, -0.1) is 0 Å². The molecule has 0 radical (unpaired) electrons. The number of rotatable bonds is 2. The van der Waals surface area contributed by atoms with Crippen molar-refractivity contribution in [2.45, 2.75) is 6.42 Å². The molecule has 1 aliphatic heterocycles. The number of carbonyl (C=O) groups is 1. The summed E-state index contributed by atoms with van der Waals surface area (Å²) in [6, 6.07) is 3.80. The van der Waals surface area contributed by atoms with Crippen LogP contribution < -0.4 is 5.32 Å². The Morgan fingerprint density at radius 2 is 2.44 bits per heavy atom. The lowest BCUT2D eigenvalue weighted by Crippen LogP contribution is -2.17. The van der Waals surface area contributed by atoms with E-state index in [4.69, 9.17) is 0 Å². The number of hydrogen-bond acceptors (Lipinski definition) is 3. The Labute approximate surface area is 93.1 Å². The topological polar surface area (TPSA) is 57.8 Å². The highest BCUT2D eigenvalue weighted by Crippen LogP contribution is 2.21. The van der Waals surface area contributed by atoms with Gasteiger partial charge in [-0.2, -0.15) is 0 Å². The van der Waals surface area contributed by atoms with E-state index in [9.17, 15) is 4.79 Å². The average Bonchev–Trinajstić information content (AvgIpc) is 2.98. The van der Waals surface area contributed by atoms with E-state index in [1.165, 1.54) is 0 Å². The molecule has 3 heterocycles. The second-order valence-corrected chi connectivity index (χ2v) is 4.16. The molecule has 0 amide bonds. The summed E-state index contributed by atoms with van der Waals surface area (Å²) in [5, 5.41) is 3.21. The van der Waals surface area contributed by atoms with Crippen molar-refractivity contribution >= 4 is 16.8 Å². The van der Waals surface area contributed by atoms with Gasteiger partial charge in [0.1, 0.15) is 0 Å². The third-order valence-electron chi connectivity index (χ3n) is 3.13. The molecule has 0 aromatic carbocycles. The summed E-state index contributed by atoms with van der Waals surface area (Å²) in [5.41, 5.74) is 2.44. The first-order chi connectivity index (χ1) is 7.86. The van der Waals surface area contributed by atoms with Crippen LogP contribution in [0.25, 0.3) is 11.0 Å². The van der Waals surface area contributed by atoms with Crippen LogP contribution in [-0.2, 0) is 0 Å². The molecule has 4 nitrogen and oxygen atoms in total. The molecule has 0 aliphatic carbocycles. The molecule has 1 atom stereocenters. The molecule has 16 heavy (non-hydrogen) atoms. The quantitative estimate of drug-likeness (QED) is 0.743. The Bertz CT molecular complexity index is 526. The number of nitrogens with one attached hydrogen (secondary N) is 2. The van der Waals surface area contributed by atoms with E-state index in [1.54, 1.807) is 12.4 Å². The Kier molecular flexibility index (Phi) is 2.22. The maximum Gasteiger partial charge on any atom is 0.170 e. The number of aromatic nitrogens is 2. The lowest BCUT2D eigenvalue weighted by molar-refractivity contribution is 0.0932. The van der Waals surface area contributed by atoms with Gasteiger partial charge in [-0.25, -0.2) is 0 Å². The molecule has 2 aromatic rings. The molecule has 0 saturated carbocycles. The summed E-state index contributed by atoms with van der Waals surface area (Å²) in [5.74, 6) is 0.316. The van der Waals surface area contributed by atoms with Crippen molar-refractivity contribution in [1.29, 1.82) is 0 Å². The van der Waals surface area contributed by atoms with Crippen LogP contribution in [0.1, 0.15) is 16.8 Å². The van der Waals surface area contributed by atoms with Gasteiger partial charge in [-0.3, -0.25) is 9.78 Å². The van der Waals surface area contributed by atoms with Gasteiger partial charge in [0.05, 0.1) is 16.6 Å². The molecular weight excluding hydrogens is 202 g/mol. The van der Waals surface area contributed by atoms with Crippen LogP contribution in [0.5, 0.6) is 0 Å². The number of aromatic amines is 1. The van der Waals surface area contributed by atoms with Crippen LogP contribution in [0.3, 0.4) is 0 Å². The molecule has 1 aliphatic rings. The summed E-state index contributed by atoms with van der Waals surface area (Å²) < 4.78 is 0. The van der Waals surface area contributed by atoms with Crippen LogP contribution in [-0.4, -0.2) is 28.8 Å². The number of nitrogens with zero attached hydrogens (tertiary/aromatic N) is 1. The lowest BCUT2D eigenvalue weighted by atomic mass is 9.98. The third kappa shape index (κ3) is 1.42. The van der Waals surface area contributed by atoms with Crippen molar-refractivity contribution in [3.05, 3.63) is 30.1 Å². The van der Waals surface area contributed by atoms with E-state index >= 15 is 0 Å². The van der Waals surface area contributed by atoms with Gasteiger partial charge in [0, 0.05) is 24.9 Å². The lowest BCUT2D eigenvalue weighted by Gasteiger charge is -2.04. The number of ketones is 1. The summed E-state index contributed by atoms with van der Waals surface area (Å²) in [7, 11) is 0. The minimum absolute atomic E-state index is 0.112. The molecule has 2 aromatic heterocycles. The first-order valence-corrected chi connectivity index (χ1v) is 5.53. The van der Waals surface area contributed by atoms with Crippen molar-refractivity contribution in [3.8, 4) is 0 Å². The maximum atomic E-state index is 12.2. The van der Waals surface area contributed by atoms with Gasteiger partial charge < -0.3 is 10.3 Å². The second kappa shape index (κ2) is 3.72. The molecular formula is C12H13N3O. The van der Waals surface area contributed by atoms with Crippen LogP contribution in [0, 0.1) is 5.92 Å². The van der Waals surface area contributed by atoms with E-state index in [0.717, 1.165) is 36.1 Å². The molecule has 4 heteroatoms. The molecule has 1 saturated heterocycles. The van der Waals surface area contributed by atoms with Crippen molar-refractivity contribution in [3.63, 3.8) is 0 Å². The summed E-state index contributed by atoms with van der Waals surface area (Å²) in [6.07, 6.45) is 4.43. The Hall–Kier alpha value is -1.68. The number of pyridine rings is 1. The van der Waals surface area contributed by atoms with Gasteiger partial charge in [-0.05, 0) is 25.1 Å². The second-order valence-electron chi connectivity index (χ2n) is 4.16. The molecule has 82 valence electrons. The maximum absolute atomic E-state index is 12.2. The van der Waals surface area contributed by atoms with E-state index in [-0.39, 0.29) is 11.7 Å². The summed E-state index contributed by atoms with van der Waals surface area (Å²) >= 11 is 0. The summed E-state index contributed by atoms with van der Waals surface area (Å²) in [4.78, 5) is 19.6. The zero-order valence-electron chi connectivity index (χ0n) is 8.86. The highest BCUT2D eigenvalue weighted by Gasteiger charge is 2.25. The fourth-order valence-electron chi connectivity index (χ4n) is 2.24. The first kappa shape index (κ1) is 9.54. The van der Waals surface area contributed by atoms with Crippen molar-refractivity contribution in [2.75, 3.05) is 13.1 Å². The van der Waals surface area contributed by atoms with Gasteiger partial charge >= 0.3 is 0 Å². The number of H-pyrrole nitrogens is 1. The molecule has 1 unspecified atom stereocenters. The molecule has 3 rings (SSSR count). The minimum atomic E-state index is 0.112. The largest absolute Gasteiger partial charge is 0.359 e. The fraction of sp³-hybridized carbons (Fsp3) is 0.333. The average molecular weight is 215 g/mol. The number of carbonyl (C=O) groups excluding carboxylic acids is 1. The normalized spacial score (nSPS) is 20.4. The number of hydrogen-bond donors (Lipinski definition) is 2. The van der Waals surface area contributed by atoms with Crippen molar-refractivity contribution in [2.24, 2.45) is 5.92 Å². The minimum Gasteiger partial charge on any atom is -0.359 e. The van der Waals surface area contributed by atoms with Gasteiger partial charge in [0.25, 0.3) is 0 Å². The van der Waals surface area contributed by atoms with Crippen LogP contribution in [0.2, 0.25) is 0 Å². The van der Waals surface area contributed by atoms with Crippen LogP contribution in [0.15, 0.2) is 24.5 Å². The Morgan fingerprint density at radius 3 is 3.25 bits per heavy atom. The van der Waals surface area contributed by atoms with Crippen molar-refractivity contribution in [1.82, 2.24) is 15.3 Å². The standard InChI is InChI=1S/C12H13N3O/c16-12(8-3-5-13-6-8)9-7-15-10-2-1-4-14-11(9)10/h1-2,4,7-8,13,15H,3,5-6H2. The van der Waals surface area contributed by atoms with Crippen LogP contribution >= 0.6 is 0 Å². The highest BCUT2D eigenvalue weighted by molar-refractivity contribution is 6.07. The highest BCUT2D eigenvalue weighted by atomic mass is 16.1. The van der Waals surface area contributed by atoms with E-state index < -0.39 is 0 Å². The molecule has 2 N–H and O–H groups in total. The number of fused-ring (bicyclic) bond motifs is 1. The Balaban J connectivity index is 2.02. The smallest absolute Gasteiger partial charge is 0.170 e. The zero-order valence-corrected chi connectivity index (χ0v) is 8.86. The van der Waals surface area contributed by atoms with E-state index in [1.807, 2.05) is 12.1 Å². The molecule has 0 bridgehead atoms. The summed E-state index contributed by atoms with van der Waals surface area (Å²) in [6.45, 7) is 1.73. The Morgan fingerprint density at radius 1 is 1.50 bits per heavy atom. The van der Waals surface area contributed by atoms with Gasteiger partial charge in [0.2, 0.25) is 0 Å². The van der Waals surface area contributed by atoms with E-state index in [0.29, 0.717) is 0 Å². The fourth-order valence-corrected chi connectivity index (χ4v) is 2.24. The SMILES string of the molecule is O=C(c1c[nH]c2cccnc12)C1CCNC1. The molecule has 1 fully saturated rings. The monoisotopic (exact) mass is 215 g/mol. The van der Waals surface area contributed by atoms with Crippen molar-refractivity contribution < 1.29 is 4.79 Å².